The maximum Gasteiger partial charge on any atom is 0.321 e. The van der Waals surface area contributed by atoms with Crippen molar-refractivity contribution in [2.45, 2.75) is 20.5 Å². The number of benzene rings is 2. The molecular weight excluding hydrogens is 374 g/mol. The van der Waals surface area contributed by atoms with Gasteiger partial charge in [-0.2, -0.15) is 0 Å². The summed E-state index contributed by atoms with van der Waals surface area (Å²) in [5.74, 6) is 1.20. The normalized spacial score (nSPS) is 10.6. The molecule has 0 bridgehead atoms. The van der Waals surface area contributed by atoms with Crippen LogP contribution < -0.4 is 15.4 Å². The van der Waals surface area contributed by atoms with Gasteiger partial charge in [0.1, 0.15) is 18.1 Å². The number of rotatable bonds is 8. The van der Waals surface area contributed by atoms with Crippen molar-refractivity contribution < 1.29 is 14.3 Å². The number of carbonyl (C=O) groups excluding carboxylic acids is 1. The summed E-state index contributed by atoms with van der Waals surface area (Å²) in [6, 6.07) is 13.1. The van der Waals surface area contributed by atoms with Crippen LogP contribution in [0.2, 0.25) is 0 Å². The Hall–Kier alpha value is -3.06. The molecule has 0 atom stereocenters. The van der Waals surface area contributed by atoms with Gasteiger partial charge in [-0.05, 0) is 25.5 Å². The summed E-state index contributed by atoms with van der Waals surface area (Å²) in [5.41, 5.74) is 8.05. The van der Waals surface area contributed by atoms with E-state index >= 15 is 0 Å². The Morgan fingerprint density at radius 1 is 1.25 bits per heavy atom. The highest BCUT2D eigenvalue weighted by atomic mass is 32.1. The number of hydrogen-bond donors (Lipinski definition) is 1. The summed E-state index contributed by atoms with van der Waals surface area (Å²) in [4.78, 5) is 17.7. The lowest BCUT2D eigenvalue weighted by molar-refractivity contribution is 0.254. The second kappa shape index (κ2) is 8.75. The van der Waals surface area contributed by atoms with Crippen LogP contribution in [0.4, 0.5) is 9.93 Å². The molecule has 0 radical (unpaired) electrons. The topological polar surface area (TPSA) is 77.7 Å². The van der Waals surface area contributed by atoms with E-state index in [1.165, 1.54) is 16.2 Å². The minimum atomic E-state index is -0.535. The van der Waals surface area contributed by atoms with E-state index in [2.05, 4.69) is 11.6 Å². The van der Waals surface area contributed by atoms with Crippen molar-refractivity contribution in [1.82, 2.24) is 4.98 Å². The molecule has 3 aromatic rings. The molecule has 0 unspecified atom stereocenters. The zero-order valence-electron chi connectivity index (χ0n) is 16.0. The molecule has 7 heteroatoms. The maximum atomic E-state index is 11.7. The second-order valence-electron chi connectivity index (χ2n) is 6.03. The fraction of sp³-hybridized carbons (Fsp3) is 0.238. The number of urea groups is 1. The standard InChI is InChI=1S/C21H23N3O3S/c1-4-24(20(22)25)21-23-18-12-16(27-13-15-9-7-6-8-10-15)11-17(19(18)28-21)14(3)26-5-2/h6-12H,3-5,13H2,1-2H3,(H2,22,25). The predicted molar refractivity (Wildman–Crippen MR) is 114 cm³/mol. The van der Waals surface area contributed by atoms with Gasteiger partial charge in [-0.1, -0.05) is 48.2 Å². The zero-order valence-corrected chi connectivity index (χ0v) is 16.8. The minimum Gasteiger partial charge on any atom is -0.494 e. The maximum absolute atomic E-state index is 11.7. The third-order valence-electron chi connectivity index (χ3n) is 4.13. The molecule has 0 saturated heterocycles. The average Bonchev–Trinajstić information content (AvgIpc) is 3.10. The Morgan fingerprint density at radius 2 is 2.00 bits per heavy atom. The van der Waals surface area contributed by atoms with E-state index in [0.717, 1.165) is 15.8 Å². The Kier molecular flexibility index (Phi) is 6.16. The number of aromatic nitrogens is 1. The smallest absolute Gasteiger partial charge is 0.321 e. The molecule has 0 aliphatic rings. The number of fused-ring (bicyclic) bond motifs is 1. The van der Waals surface area contributed by atoms with Gasteiger partial charge in [-0.3, -0.25) is 4.90 Å². The molecule has 0 fully saturated rings. The van der Waals surface area contributed by atoms with Crippen LogP contribution in [0, 0.1) is 0 Å². The molecule has 0 aliphatic heterocycles. The molecule has 2 amide bonds. The molecule has 0 spiro atoms. The fourth-order valence-corrected chi connectivity index (χ4v) is 3.93. The van der Waals surface area contributed by atoms with Crippen LogP contribution in [0.15, 0.2) is 49.0 Å². The first-order chi connectivity index (χ1) is 13.5. The summed E-state index contributed by atoms with van der Waals surface area (Å²) in [7, 11) is 0. The number of ether oxygens (including phenoxy) is 2. The van der Waals surface area contributed by atoms with Gasteiger partial charge in [0.05, 0.1) is 16.8 Å². The first kappa shape index (κ1) is 19.7. The van der Waals surface area contributed by atoms with Gasteiger partial charge >= 0.3 is 6.03 Å². The molecule has 0 aliphatic carbocycles. The van der Waals surface area contributed by atoms with Crippen molar-refractivity contribution >= 4 is 38.5 Å². The lowest BCUT2D eigenvalue weighted by atomic mass is 10.1. The summed E-state index contributed by atoms with van der Waals surface area (Å²) in [5, 5.41) is 0.538. The summed E-state index contributed by atoms with van der Waals surface area (Å²) >= 11 is 1.38. The van der Waals surface area contributed by atoms with E-state index in [4.69, 9.17) is 15.2 Å². The first-order valence-corrected chi connectivity index (χ1v) is 9.85. The summed E-state index contributed by atoms with van der Waals surface area (Å²) < 4.78 is 12.5. The molecule has 28 heavy (non-hydrogen) atoms. The van der Waals surface area contributed by atoms with Crippen LogP contribution in [0.1, 0.15) is 25.0 Å². The number of carbonyl (C=O) groups is 1. The summed E-state index contributed by atoms with van der Waals surface area (Å²) in [6.45, 7) is 9.17. The quantitative estimate of drug-likeness (QED) is 0.555. The highest BCUT2D eigenvalue weighted by Crippen LogP contribution is 2.37. The van der Waals surface area contributed by atoms with E-state index in [1.54, 1.807) is 0 Å². The predicted octanol–water partition coefficient (Wildman–Crippen LogP) is 4.79. The van der Waals surface area contributed by atoms with Crippen LogP contribution in [0.3, 0.4) is 0 Å². The number of anilines is 1. The zero-order chi connectivity index (χ0) is 20.1. The first-order valence-electron chi connectivity index (χ1n) is 9.03. The lowest BCUT2D eigenvalue weighted by Crippen LogP contribution is -2.35. The van der Waals surface area contributed by atoms with Gasteiger partial charge in [-0.15, -0.1) is 0 Å². The van der Waals surface area contributed by atoms with Gasteiger partial charge < -0.3 is 15.2 Å². The average molecular weight is 398 g/mol. The van der Waals surface area contributed by atoms with Gasteiger partial charge in [0.25, 0.3) is 0 Å². The van der Waals surface area contributed by atoms with Gasteiger partial charge in [0.15, 0.2) is 5.13 Å². The third-order valence-corrected chi connectivity index (χ3v) is 5.26. The number of nitrogens with two attached hydrogens (primary N) is 1. The van der Waals surface area contributed by atoms with Gasteiger partial charge in [0, 0.05) is 18.2 Å². The summed E-state index contributed by atoms with van der Waals surface area (Å²) in [6.07, 6.45) is 0. The van der Waals surface area contributed by atoms with E-state index in [-0.39, 0.29) is 0 Å². The van der Waals surface area contributed by atoms with Crippen molar-refractivity contribution in [3.63, 3.8) is 0 Å². The number of thiazole rings is 1. The van der Waals surface area contributed by atoms with Crippen molar-refractivity contribution in [3.8, 4) is 5.75 Å². The highest BCUT2D eigenvalue weighted by molar-refractivity contribution is 7.22. The largest absolute Gasteiger partial charge is 0.494 e. The lowest BCUT2D eigenvalue weighted by Gasteiger charge is -2.13. The van der Waals surface area contributed by atoms with E-state index in [9.17, 15) is 4.79 Å². The Bertz CT molecular complexity index is 985. The highest BCUT2D eigenvalue weighted by Gasteiger charge is 2.19. The fourth-order valence-electron chi connectivity index (χ4n) is 2.78. The van der Waals surface area contributed by atoms with Crippen molar-refractivity contribution in [2.24, 2.45) is 5.73 Å². The SMILES string of the molecule is C=C(OCC)c1cc(OCc2ccccc2)cc2nc(N(CC)C(N)=O)sc12. The van der Waals surface area contributed by atoms with Crippen LogP contribution in [-0.4, -0.2) is 24.2 Å². The molecular formula is C21H23N3O3S. The second-order valence-corrected chi connectivity index (χ2v) is 7.01. The van der Waals surface area contributed by atoms with Crippen molar-refractivity contribution in [1.29, 1.82) is 0 Å². The number of amides is 2. The van der Waals surface area contributed by atoms with Gasteiger partial charge in [0.2, 0.25) is 0 Å². The van der Waals surface area contributed by atoms with Crippen LogP contribution in [-0.2, 0) is 11.3 Å². The Morgan fingerprint density at radius 3 is 2.64 bits per heavy atom. The van der Waals surface area contributed by atoms with E-state index < -0.39 is 6.03 Å². The Balaban J connectivity index is 2.00. The number of hydrogen-bond acceptors (Lipinski definition) is 5. The van der Waals surface area contributed by atoms with Crippen LogP contribution >= 0.6 is 11.3 Å². The molecule has 2 aromatic carbocycles. The van der Waals surface area contributed by atoms with Crippen molar-refractivity contribution in [2.75, 3.05) is 18.1 Å². The molecule has 0 saturated carbocycles. The molecule has 1 aromatic heterocycles. The van der Waals surface area contributed by atoms with E-state index in [1.807, 2.05) is 56.3 Å². The number of nitrogens with zero attached hydrogens (tertiary/aromatic N) is 2. The third kappa shape index (κ3) is 4.26. The molecule has 146 valence electrons. The van der Waals surface area contributed by atoms with Gasteiger partial charge in [-0.25, -0.2) is 9.78 Å². The van der Waals surface area contributed by atoms with Crippen LogP contribution in [0.25, 0.3) is 16.0 Å². The molecule has 3 rings (SSSR count). The molecule has 1 heterocycles. The molecule has 2 N–H and O–H groups in total. The Labute approximate surface area is 168 Å². The number of primary amides is 1. The van der Waals surface area contributed by atoms with Crippen molar-refractivity contribution in [3.05, 3.63) is 60.2 Å². The monoisotopic (exact) mass is 397 g/mol. The van der Waals surface area contributed by atoms with E-state index in [0.29, 0.717) is 41.9 Å². The van der Waals surface area contributed by atoms with Crippen LogP contribution in [0.5, 0.6) is 5.75 Å². The molecule has 6 nitrogen and oxygen atoms in total. The minimum absolute atomic E-state index is 0.437.